The Balaban J connectivity index is 2.42. The number of hydrogen-bond acceptors (Lipinski definition) is 3. The van der Waals surface area contributed by atoms with Crippen molar-refractivity contribution in [3.05, 3.63) is 22.7 Å². The molecule has 0 bridgehead atoms. The van der Waals surface area contributed by atoms with Crippen LogP contribution in [0.2, 0.25) is 5.02 Å². The maximum atomic E-state index is 11.6. The van der Waals surface area contributed by atoms with Gasteiger partial charge in [0.25, 0.3) is 11.7 Å². The summed E-state index contributed by atoms with van der Waals surface area (Å²) in [5, 5.41) is 3.05. The summed E-state index contributed by atoms with van der Waals surface area (Å²) in [5.74, 6) is -0.656. The second-order valence-corrected chi connectivity index (χ2v) is 5.64. The molecular formula is C14H17ClN2O2. The molecule has 19 heavy (non-hydrogen) atoms. The number of fused-ring (bicyclic) bond motifs is 1. The second kappa shape index (κ2) is 4.85. The highest BCUT2D eigenvalue weighted by Gasteiger charge is 2.30. The van der Waals surface area contributed by atoms with Gasteiger partial charge < -0.3 is 10.2 Å². The molecule has 0 saturated carbocycles. The molecule has 1 aliphatic rings. The van der Waals surface area contributed by atoms with Crippen LogP contribution in [0, 0.1) is 5.92 Å². The third kappa shape index (κ3) is 2.32. The van der Waals surface area contributed by atoms with Gasteiger partial charge in [0.05, 0.1) is 22.0 Å². The summed E-state index contributed by atoms with van der Waals surface area (Å²) >= 11 is 6.23. The molecule has 5 heteroatoms. The molecule has 1 N–H and O–H groups in total. The van der Waals surface area contributed by atoms with E-state index in [1.807, 2.05) is 7.05 Å². The lowest BCUT2D eigenvalue weighted by Gasteiger charge is -2.31. The second-order valence-electron chi connectivity index (χ2n) is 5.23. The molecule has 0 saturated heterocycles. The molecule has 1 unspecified atom stereocenters. The minimum absolute atomic E-state index is 0.295. The first-order chi connectivity index (χ1) is 8.82. The average molecular weight is 281 g/mol. The predicted octanol–water partition coefficient (Wildman–Crippen LogP) is 2.96. The summed E-state index contributed by atoms with van der Waals surface area (Å²) in [5.41, 5.74) is 1.71. The lowest BCUT2D eigenvalue weighted by Crippen LogP contribution is -2.33. The highest BCUT2D eigenvalue weighted by Crippen LogP contribution is 2.35. The number of nitrogens with one attached hydrogen (secondary N) is 1. The van der Waals surface area contributed by atoms with Crippen LogP contribution < -0.4 is 10.2 Å². The van der Waals surface area contributed by atoms with Crippen LogP contribution in [0.3, 0.4) is 0 Å². The maximum Gasteiger partial charge on any atom is 0.296 e. The Labute approximate surface area is 117 Å². The molecule has 2 rings (SSSR count). The van der Waals surface area contributed by atoms with Gasteiger partial charge >= 0.3 is 0 Å². The fourth-order valence-corrected chi connectivity index (χ4v) is 2.39. The molecule has 1 heterocycles. The SMILES string of the molecule is CC(C)C(C)N(C)c1cc2c(cc1Cl)C(=O)C(=O)N2. The fourth-order valence-electron chi connectivity index (χ4n) is 2.09. The first kappa shape index (κ1) is 13.9. The van der Waals surface area contributed by atoms with Gasteiger partial charge in [0.1, 0.15) is 0 Å². The first-order valence-electron chi connectivity index (χ1n) is 6.25. The van der Waals surface area contributed by atoms with Crippen LogP contribution in [0.25, 0.3) is 0 Å². The van der Waals surface area contributed by atoms with Crippen molar-refractivity contribution in [3.8, 4) is 0 Å². The summed E-state index contributed by atoms with van der Waals surface area (Å²) in [6, 6.07) is 3.62. The van der Waals surface area contributed by atoms with Crippen molar-refractivity contribution in [2.45, 2.75) is 26.8 Å². The van der Waals surface area contributed by atoms with Crippen LogP contribution >= 0.6 is 11.6 Å². The molecule has 0 aliphatic carbocycles. The maximum absolute atomic E-state index is 11.6. The van der Waals surface area contributed by atoms with E-state index in [0.29, 0.717) is 28.2 Å². The lowest BCUT2D eigenvalue weighted by molar-refractivity contribution is -0.112. The van der Waals surface area contributed by atoms with Gasteiger partial charge in [-0.3, -0.25) is 9.59 Å². The average Bonchev–Trinajstić information content (AvgIpc) is 2.62. The standard InChI is InChI=1S/C14H17ClN2O2/c1-7(2)8(3)17(4)12-6-11-9(5-10(12)15)13(18)14(19)16-11/h5-8H,1-4H3,(H,16,18,19). The Hall–Kier alpha value is -1.55. The molecular weight excluding hydrogens is 264 g/mol. The Morgan fingerprint density at radius 3 is 2.42 bits per heavy atom. The number of carbonyl (C=O) groups excluding carboxylic acids is 2. The number of carbonyl (C=O) groups is 2. The van der Waals surface area contributed by atoms with Crippen molar-refractivity contribution in [1.82, 2.24) is 0 Å². The van der Waals surface area contributed by atoms with Crippen LogP contribution in [0.5, 0.6) is 0 Å². The van der Waals surface area contributed by atoms with Gasteiger partial charge in [0, 0.05) is 13.1 Å². The van der Waals surface area contributed by atoms with Crippen LogP contribution in [0.4, 0.5) is 11.4 Å². The number of ketones is 1. The van der Waals surface area contributed by atoms with Crippen LogP contribution in [-0.2, 0) is 4.79 Å². The van der Waals surface area contributed by atoms with Crippen LogP contribution in [0.15, 0.2) is 12.1 Å². The Bertz CT molecular complexity index is 555. The van der Waals surface area contributed by atoms with E-state index in [1.54, 1.807) is 12.1 Å². The van der Waals surface area contributed by atoms with Crippen molar-refractivity contribution < 1.29 is 9.59 Å². The molecule has 1 atom stereocenters. The molecule has 1 aromatic rings. The topological polar surface area (TPSA) is 49.4 Å². The van der Waals surface area contributed by atoms with Crippen LogP contribution in [0.1, 0.15) is 31.1 Å². The van der Waals surface area contributed by atoms with E-state index in [4.69, 9.17) is 11.6 Å². The largest absolute Gasteiger partial charge is 0.370 e. The van der Waals surface area contributed by atoms with Gasteiger partial charge in [0.2, 0.25) is 0 Å². The summed E-state index contributed by atoms with van der Waals surface area (Å²) in [6.45, 7) is 6.37. The third-order valence-electron chi connectivity index (χ3n) is 3.74. The Morgan fingerprint density at radius 1 is 1.21 bits per heavy atom. The molecule has 0 spiro atoms. The van der Waals surface area contributed by atoms with Gasteiger partial charge in [-0.1, -0.05) is 25.4 Å². The lowest BCUT2D eigenvalue weighted by atomic mass is 10.0. The molecule has 0 radical (unpaired) electrons. The number of benzene rings is 1. The molecule has 1 amide bonds. The van der Waals surface area contributed by atoms with Gasteiger partial charge in [-0.15, -0.1) is 0 Å². The first-order valence-corrected chi connectivity index (χ1v) is 6.62. The third-order valence-corrected chi connectivity index (χ3v) is 4.04. The van der Waals surface area contributed by atoms with Gasteiger partial charge in [-0.2, -0.15) is 0 Å². The van der Waals surface area contributed by atoms with Gasteiger partial charge in [0.15, 0.2) is 0 Å². The molecule has 1 aliphatic heterocycles. The van der Waals surface area contributed by atoms with E-state index in [0.717, 1.165) is 5.69 Å². The van der Waals surface area contributed by atoms with E-state index in [-0.39, 0.29) is 0 Å². The fraction of sp³-hybridized carbons (Fsp3) is 0.429. The van der Waals surface area contributed by atoms with Crippen molar-refractivity contribution in [1.29, 1.82) is 0 Å². The van der Waals surface area contributed by atoms with E-state index in [2.05, 4.69) is 31.0 Å². The Kier molecular flexibility index (Phi) is 3.54. The zero-order valence-electron chi connectivity index (χ0n) is 11.5. The predicted molar refractivity (Wildman–Crippen MR) is 77.1 cm³/mol. The van der Waals surface area contributed by atoms with Crippen molar-refractivity contribution in [2.24, 2.45) is 5.92 Å². The van der Waals surface area contributed by atoms with Crippen molar-refractivity contribution in [2.75, 3.05) is 17.3 Å². The van der Waals surface area contributed by atoms with Crippen LogP contribution in [-0.4, -0.2) is 24.8 Å². The molecule has 0 aromatic heterocycles. The number of hydrogen-bond donors (Lipinski definition) is 1. The number of anilines is 2. The molecule has 4 nitrogen and oxygen atoms in total. The zero-order chi connectivity index (χ0) is 14.3. The smallest absolute Gasteiger partial charge is 0.296 e. The summed E-state index contributed by atoms with van der Waals surface area (Å²) in [4.78, 5) is 25.0. The normalized spacial score (nSPS) is 15.5. The van der Waals surface area contributed by atoms with E-state index in [1.165, 1.54) is 0 Å². The molecule has 1 aromatic carbocycles. The van der Waals surface area contributed by atoms with Crippen molar-refractivity contribution in [3.63, 3.8) is 0 Å². The number of nitrogens with zero attached hydrogens (tertiary/aromatic N) is 1. The monoisotopic (exact) mass is 280 g/mol. The molecule has 102 valence electrons. The van der Waals surface area contributed by atoms with Gasteiger partial charge in [-0.25, -0.2) is 0 Å². The highest BCUT2D eigenvalue weighted by molar-refractivity contribution is 6.52. The number of Topliss-reactive ketones (excluding diaryl/α,β-unsaturated/α-hetero) is 1. The minimum Gasteiger partial charge on any atom is -0.370 e. The summed E-state index contributed by atoms with van der Waals surface area (Å²) in [7, 11) is 1.96. The van der Waals surface area contributed by atoms with E-state index >= 15 is 0 Å². The Morgan fingerprint density at radius 2 is 1.84 bits per heavy atom. The van der Waals surface area contributed by atoms with E-state index < -0.39 is 11.7 Å². The summed E-state index contributed by atoms with van der Waals surface area (Å²) in [6.07, 6.45) is 0. The quantitative estimate of drug-likeness (QED) is 0.866. The van der Waals surface area contributed by atoms with Gasteiger partial charge in [-0.05, 0) is 25.0 Å². The number of rotatable bonds is 3. The highest BCUT2D eigenvalue weighted by atomic mass is 35.5. The minimum atomic E-state index is -0.595. The zero-order valence-corrected chi connectivity index (χ0v) is 12.2. The van der Waals surface area contributed by atoms with E-state index in [9.17, 15) is 9.59 Å². The summed E-state index contributed by atoms with van der Waals surface area (Å²) < 4.78 is 0. The number of amides is 1. The van der Waals surface area contributed by atoms with Crippen molar-refractivity contribution >= 4 is 34.7 Å². The molecule has 0 fully saturated rings. The number of halogens is 1.